The summed E-state index contributed by atoms with van der Waals surface area (Å²) in [4.78, 5) is 24.1. The molecule has 0 radical (unpaired) electrons. The standard InChI is InChI=1S/C29H28N4O4S/c1-22(34)31-26-14-16-27(17-15-26)38(36,37)33(19-18-23-8-3-2-4-9-23)21-29(35)32-30-20-25-12-7-11-24-10-5-6-13-28(24)25/h2-17,20H,18-19,21H2,1H3,(H,31,34)(H,32,35)/b30-20-. The number of fused-ring (bicyclic) bond motifs is 1. The third-order valence-corrected chi connectivity index (χ3v) is 7.70. The number of carbonyl (C=O) groups excluding carboxylic acids is 2. The molecule has 4 aromatic carbocycles. The Kier molecular flexibility index (Phi) is 8.62. The van der Waals surface area contributed by atoms with Crippen LogP contribution in [0.25, 0.3) is 10.8 Å². The monoisotopic (exact) mass is 528 g/mol. The summed E-state index contributed by atoms with van der Waals surface area (Å²) < 4.78 is 28.1. The summed E-state index contributed by atoms with van der Waals surface area (Å²) in [5.74, 6) is -0.821. The Labute approximate surface area is 222 Å². The Morgan fingerprint density at radius 1 is 0.868 bits per heavy atom. The molecule has 0 unspecified atom stereocenters. The molecule has 0 aromatic heterocycles. The zero-order chi connectivity index (χ0) is 27.0. The molecule has 0 saturated carbocycles. The summed E-state index contributed by atoms with van der Waals surface area (Å²) in [7, 11) is -4.01. The Balaban J connectivity index is 1.50. The lowest BCUT2D eigenvalue weighted by Gasteiger charge is -2.21. The van der Waals surface area contributed by atoms with Gasteiger partial charge in [0, 0.05) is 24.7 Å². The van der Waals surface area contributed by atoms with E-state index in [1.807, 2.05) is 72.8 Å². The normalized spacial score (nSPS) is 11.6. The first kappa shape index (κ1) is 26.7. The molecule has 0 fully saturated rings. The number of anilines is 1. The van der Waals surface area contributed by atoms with Gasteiger partial charge in [-0.15, -0.1) is 0 Å². The number of nitrogens with one attached hydrogen (secondary N) is 2. The van der Waals surface area contributed by atoms with Crippen LogP contribution in [-0.4, -0.2) is 43.8 Å². The van der Waals surface area contributed by atoms with Gasteiger partial charge in [0.15, 0.2) is 0 Å². The number of hydrogen-bond donors (Lipinski definition) is 2. The molecule has 4 rings (SSSR count). The van der Waals surface area contributed by atoms with Crippen LogP contribution in [0.3, 0.4) is 0 Å². The molecule has 194 valence electrons. The number of carbonyl (C=O) groups is 2. The summed E-state index contributed by atoms with van der Waals surface area (Å²) in [5, 5.41) is 8.72. The summed E-state index contributed by atoms with van der Waals surface area (Å²) in [5.41, 5.74) is 4.71. The molecule has 0 spiro atoms. The summed E-state index contributed by atoms with van der Waals surface area (Å²) in [6.07, 6.45) is 1.97. The topological polar surface area (TPSA) is 108 Å². The molecule has 8 nitrogen and oxygen atoms in total. The van der Waals surface area contributed by atoms with Crippen molar-refractivity contribution in [2.45, 2.75) is 18.2 Å². The van der Waals surface area contributed by atoms with Crippen molar-refractivity contribution in [1.29, 1.82) is 0 Å². The van der Waals surface area contributed by atoms with Crippen molar-refractivity contribution in [1.82, 2.24) is 9.73 Å². The number of amides is 2. The molecular weight excluding hydrogens is 500 g/mol. The van der Waals surface area contributed by atoms with E-state index in [4.69, 9.17) is 0 Å². The largest absolute Gasteiger partial charge is 0.326 e. The van der Waals surface area contributed by atoms with Crippen molar-refractivity contribution in [3.8, 4) is 0 Å². The van der Waals surface area contributed by atoms with E-state index < -0.39 is 22.5 Å². The second-order valence-electron chi connectivity index (χ2n) is 8.64. The third-order valence-electron chi connectivity index (χ3n) is 5.84. The van der Waals surface area contributed by atoms with Gasteiger partial charge in [0.1, 0.15) is 0 Å². The summed E-state index contributed by atoms with van der Waals surface area (Å²) in [6, 6.07) is 28.9. The molecule has 0 aliphatic rings. The van der Waals surface area contributed by atoms with Crippen molar-refractivity contribution >= 4 is 44.5 Å². The van der Waals surface area contributed by atoms with Gasteiger partial charge in [-0.1, -0.05) is 72.8 Å². The molecule has 4 aromatic rings. The van der Waals surface area contributed by atoms with Gasteiger partial charge in [-0.25, -0.2) is 13.8 Å². The van der Waals surface area contributed by atoms with Crippen LogP contribution in [0.2, 0.25) is 0 Å². The van der Waals surface area contributed by atoms with Gasteiger partial charge < -0.3 is 5.32 Å². The van der Waals surface area contributed by atoms with Gasteiger partial charge in [-0.3, -0.25) is 9.59 Å². The minimum absolute atomic E-state index is 0.0201. The first-order valence-electron chi connectivity index (χ1n) is 12.0. The van der Waals surface area contributed by atoms with Crippen LogP contribution < -0.4 is 10.7 Å². The summed E-state index contributed by atoms with van der Waals surface area (Å²) in [6.45, 7) is 1.06. The van der Waals surface area contributed by atoms with Crippen LogP contribution in [0.1, 0.15) is 18.1 Å². The lowest BCUT2D eigenvalue weighted by Crippen LogP contribution is -2.40. The molecule has 9 heteroatoms. The molecule has 2 N–H and O–H groups in total. The van der Waals surface area contributed by atoms with Gasteiger partial charge in [0.25, 0.3) is 5.91 Å². The smallest absolute Gasteiger partial charge is 0.255 e. The van der Waals surface area contributed by atoms with E-state index >= 15 is 0 Å². The Morgan fingerprint density at radius 3 is 2.29 bits per heavy atom. The molecular formula is C29H28N4O4S. The molecule has 0 saturated heterocycles. The third kappa shape index (κ3) is 6.90. The first-order chi connectivity index (χ1) is 18.3. The van der Waals surface area contributed by atoms with Gasteiger partial charge in [0.2, 0.25) is 15.9 Å². The maximum absolute atomic E-state index is 13.5. The van der Waals surface area contributed by atoms with E-state index in [0.717, 1.165) is 26.2 Å². The lowest BCUT2D eigenvalue weighted by atomic mass is 10.1. The fourth-order valence-corrected chi connectivity index (χ4v) is 5.37. The fourth-order valence-electron chi connectivity index (χ4n) is 3.98. The van der Waals surface area contributed by atoms with E-state index in [1.54, 1.807) is 6.21 Å². The van der Waals surface area contributed by atoms with Crippen molar-refractivity contribution in [3.05, 3.63) is 108 Å². The predicted octanol–water partition coefficient (Wildman–Crippen LogP) is 4.18. The molecule has 38 heavy (non-hydrogen) atoms. The van der Waals surface area contributed by atoms with E-state index in [1.165, 1.54) is 31.2 Å². The van der Waals surface area contributed by atoms with E-state index in [9.17, 15) is 18.0 Å². The van der Waals surface area contributed by atoms with Gasteiger partial charge in [0.05, 0.1) is 17.7 Å². The second kappa shape index (κ2) is 12.3. The SMILES string of the molecule is CC(=O)Nc1ccc(S(=O)(=O)N(CCc2ccccc2)CC(=O)N/N=C\c2cccc3ccccc23)cc1. The van der Waals surface area contributed by atoms with E-state index in [2.05, 4.69) is 15.8 Å². The minimum atomic E-state index is -4.01. The first-order valence-corrected chi connectivity index (χ1v) is 13.5. The fraction of sp³-hybridized carbons (Fsp3) is 0.138. The summed E-state index contributed by atoms with van der Waals surface area (Å²) >= 11 is 0. The van der Waals surface area contributed by atoms with Gasteiger partial charge in [-0.05, 0) is 47.0 Å². The quantitative estimate of drug-likeness (QED) is 0.238. The van der Waals surface area contributed by atoms with E-state index in [0.29, 0.717) is 12.1 Å². The van der Waals surface area contributed by atoms with Gasteiger partial charge >= 0.3 is 0 Å². The van der Waals surface area contributed by atoms with Crippen molar-refractivity contribution < 1.29 is 18.0 Å². The maximum atomic E-state index is 13.5. The molecule has 2 amide bonds. The molecule has 0 heterocycles. The maximum Gasteiger partial charge on any atom is 0.255 e. The molecule has 0 aliphatic carbocycles. The van der Waals surface area contributed by atoms with Crippen molar-refractivity contribution in [2.75, 3.05) is 18.4 Å². The van der Waals surface area contributed by atoms with Gasteiger partial charge in [-0.2, -0.15) is 9.41 Å². The zero-order valence-electron chi connectivity index (χ0n) is 20.9. The second-order valence-corrected chi connectivity index (χ2v) is 10.6. The molecule has 0 bridgehead atoms. The highest BCUT2D eigenvalue weighted by Crippen LogP contribution is 2.20. The zero-order valence-corrected chi connectivity index (χ0v) is 21.7. The Bertz CT molecular complexity index is 1550. The van der Waals surface area contributed by atoms with E-state index in [-0.39, 0.29) is 17.3 Å². The Morgan fingerprint density at radius 2 is 1.55 bits per heavy atom. The highest BCUT2D eigenvalue weighted by Gasteiger charge is 2.26. The average molecular weight is 529 g/mol. The van der Waals surface area contributed by atoms with Crippen LogP contribution >= 0.6 is 0 Å². The van der Waals surface area contributed by atoms with Crippen molar-refractivity contribution in [2.24, 2.45) is 5.10 Å². The van der Waals surface area contributed by atoms with Crippen LogP contribution in [-0.2, 0) is 26.0 Å². The highest BCUT2D eigenvalue weighted by molar-refractivity contribution is 7.89. The van der Waals surface area contributed by atoms with Crippen LogP contribution in [0.4, 0.5) is 5.69 Å². The minimum Gasteiger partial charge on any atom is -0.326 e. The average Bonchev–Trinajstić information content (AvgIpc) is 2.91. The number of hydrogen-bond acceptors (Lipinski definition) is 5. The number of hydrazone groups is 1. The number of nitrogens with zero attached hydrogens (tertiary/aromatic N) is 2. The lowest BCUT2D eigenvalue weighted by molar-refractivity contribution is -0.121. The Hall–Kier alpha value is -4.34. The van der Waals surface area contributed by atoms with Crippen LogP contribution in [0.15, 0.2) is 107 Å². The van der Waals surface area contributed by atoms with Crippen LogP contribution in [0.5, 0.6) is 0 Å². The number of rotatable bonds is 10. The highest BCUT2D eigenvalue weighted by atomic mass is 32.2. The molecule has 0 atom stereocenters. The van der Waals surface area contributed by atoms with Crippen molar-refractivity contribution in [3.63, 3.8) is 0 Å². The predicted molar refractivity (Wildman–Crippen MR) is 149 cm³/mol. The van der Waals surface area contributed by atoms with Crippen LogP contribution in [0, 0.1) is 0 Å². The number of sulfonamides is 1. The molecule has 0 aliphatic heterocycles. The number of benzene rings is 4.